The lowest BCUT2D eigenvalue weighted by Crippen LogP contribution is -2.05. The molecular formula is C19H20O4. The summed E-state index contributed by atoms with van der Waals surface area (Å²) in [5, 5.41) is 0. The van der Waals surface area contributed by atoms with Crippen LogP contribution in [0.25, 0.3) is 0 Å². The standard InChI is InChI=1S/C19H20O4/c1-21-17-8-7-15(9-16-11-19(20)23-13-16)10-18(17)22-12-14-5-3-2-4-6-14/h2-8,10,16H,9,11-13H2,1H3. The van der Waals surface area contributed by atoms with E-state index in [2.05, 4.69) is 0 Å². The molecule has 0 aromatic heterocycles. The molecule has 0 amide bonds. The average molecular weight is 312 g/mol. The molecule has 4 heteroatoms. The van der Waals surface area contributed by atoms with Gasteiger partial charge in [0.2, 0.25) is 0 Å². The normalized spacial score (nSPS) is 16.9. The molecular weight excluding hydrogens is 292 g/mol. The van der Waals surface area contributed by atoms with Gasteiger partial charge in [0, 0.05) is 5.92 Å². The predicted molar refractivity (Wildman–Crippen MR) is 86.5 cm³/mol. The summed E-state index contributed by atoms with van der Waals surface area (Å²) in [4.78, 5) is 11.2. The molecule has 2 aromatic rings. The second-order valence-corrected chi connectivity index (χ2v) is 5.72. The Balaban J connectivity index is 1.69. The van der Waals surface area contributed by atoms with Crippen LogP contribution in [-0.2, 0) is 22.6 Å². The summed E-state index contributed by atoms with van der Waals surface area (Å²) in [5.74, 6) is 1.57. The van der Waals surface area contributed by atoms with Gasteiger partial charge in [0.25, 0.3) is 0 Å². The van der Waals surface area contributed by atoms with Crippen molar-refractivity contribution in [1.82, 2.24) is 0 Å². The van der Waals surface area contributed by atoms with E-state index in [-0.39, 0.29) is 11.9 Å². The summed E-state index contributed by atoms with van der Waals surface area (Å²) in [7, 11) is 1.63. The van der Waals surface area contributed by atoms with Crippen LogP contribution in [0.4, 0.5) is 0 Å². The number of hydrogen-bond donors (Lipinski definition) is 0. The van der Waals surface area contributed by atoms with E-state index < -0.39 is 0 Å². The zero-order valence-corrected chi connectivity index (χ0v) is 13.2. The second kappa shape index (κ2) is 7.18. The lowest BCUT2D eigenvalue weighted by atomic mass is 9.98. The Bertz CT molecular complexity index is 666. The van der Waals surface area contributed by atoms with Crippen LogP contribution in [0.1, 0.15) is 17.5 Å². The van der Waals surface area contributed by atoms with Gasteiger partial charge in [-0.05, 0) is 29.7 Å². The van der Waals surface area contributed by atoms with Gasteiger partial charge in [0.1, 0.15) is 6.61 Å². The molecule has 1 atom stereocenters. The van der Waals surface area contributed by atoms with Crippen molar-refractivity contribution in [3.8, 4) is 11.5 Å². The molecule has 0 aliphatic carbocycles. The molecule has 4 nitrogen and oxygen atoms in total. The van der Waals surface area contributed by atoms with Gasteiger partial charge >= 0.3 is 5.97 Å². The molecule has 1 fully saturated rings. The first-order valence-electron chi connectivity index (χ1n) is 7.74. The average Bonchev–Trinajstić information content (AvgIpc) is 2.99. The van der Waals surface area contributed by atoms with Crippen molar-refractivity contribution in [3.05, 3.63) is 59.7 Å². The lowest BCUT2D eigenvalue weighted by Gasteiger charge is -2.13. The van der Waals surface area contributed by atoms with Crippen molar-refractivity contribution in [3.63, 3.8) is 0 Å². The Morgan fingerprint density at radius 1 is 1.09 bits per heavy atom. The van der Waals surface area contributed by atoms with Crippen molar-refractivity contribution >= 4 is 5.97 Å². The van der Waals surface area contributed by atoms with Gasteiger partial charge in [0.15, 0.2) is 11.5 Å². The van der Waals surface area contributed by atoms with Crippen LogP contribution >= 0.6 is 0 Å². The predicted octanol–water partition coefficient (Wildman–Crippen LogP) is 3.38. The van der Waals surface area contributed by atoms with Crippen molar-refractivity contribution in [2.75, 3.05) is 13.7 Å². The Hall–Kier alpha value is -2.49. The fourth-order valence-electron chi connectivity index (χ4n) is 2.72. The lowest BCUT2D eigenvalue weighted by molar-refractivity contribution is -0.137. The Labute approximate surface area is 136 Å². The Morgan fingerprint density at radius 3 is 2.61 bits per heavy atom. The van der Waals surface area contributed by atoms with Gasteiger partial charge < -0.3 is 14.2 Å². The minimum absolute atomic E-state index is 0.107. The molecule has 0 spiro atoms. The Morgan fingerprint density at radius 2 is 1.91 bits per heavy atom. The number of cyclic esters (lactones) is 1. The fraction of sp³-hybridized carbons (Fsp3) is 0.316. The molecule has 3 rings (SSSR count). The first-order chi connectivity index (χ1) is 11.2. The van der Waals surface area contributed by atoms with Crippen LogP contribution in [0.5, 0.6) is 11.5 Å². The summed E-state index contributed by atoms with van der Waals surface area (Å²) >= 11 is 0. The van der Waals surface area contributed by atoms with Gasteiger partial charge in [-0.15, -0.1) is 0 Å². The largest absolute Gasteiger partial charge is 0.493 e. The van der Waals surface area contributed by atoms with Crippen LogP contribution in [0.3, 0.4) is 0 Å². The molecule has 1 aliphatic rings. The number of hydrogen-bond acceptors (Lipinski definition) is 4. The van der Waals surface area contributed by atoms with Gasteiger partial charge in [-0.1, -0.05) is 36.4 Å². The van der Waals surface area contributed by atoms with Crippen molar-refractivity contribution in [2.24, 2.45) is 5.92 Å². The first-order valence-corrected chi connectivity index (χ1v) is 7.74. The molecule has 23 heavy (non-hydrogen) atoms. The molecule has 1 aliphatic heterocycles. The highest BCUT2D eigenvalue weighted by Gasteiger charge is 2.24. The maximum Gasteiger partial charge on any atom is 0.306 e. The van der Waals surface area contributed by atoms with E-state index >= 15 is 0 Å². The third-order valence-electron chi connectivity index (χ3n) is 3.92. The van der Waals surface area contributed by atoms with E-state index in [4.69, 9.17) is 14.2 Å². The number of methoxy groups -OCH3 is 1. The van der Waals surface area contributed by atoms with Gasteiger partial charge in [0.05, 0.1) is 20.1 Å². The number of ether oxygens (including phenoxy) is 3. The minimum atomic E-state index is -0.107. The van der Waals surface area contributed by atoms with E-state index in [1.165, 1.54) is 0 Å². The molecule has 0 saturated carbocycles. The molecule has 0 N–H and O–H groups in total. The van der Waals surface area contributed by atoms with Crippen LogP contribution in [0.2, 0.25) is 0 Å². The number of benzene rings is 2. The Kier molecular flexibility index (Phi) is 4.81. The molecule has 2 aromatic carbocycles. The van der Waals surface area contributed by atoms with E-state index in [9.17, 15) is 4.79 Å². The van der Waals surface area contributed by atoms with Crippen molar-refractivity contribution in [1.29, 1.82) is 0 Å². The molecule has 1 unspecified atom stereocenters. The zero-order valence-electron chi connectivity index (χ0n) is 13.2. The summed E-state index contributed by atoms with van der Waals surface area (Å²) in [6.07, 6.45) is 1.30. The van der Waals surface area contributed by atoms with Crippen molar-refractivity contribution in [2.45, 2.75) is 19.4 Å². The molecule has 120 valence electrons. The highest BCUT2D eigenvalue weighted by molar-refractivity contribution is 5.71. The van der Waals surface area contributed by atoms with Crippen molar-refractivity contribution < 1.29 is 19.0 Å². The van der Waals surface area contributed by atoms with Gasteiger partial charge in [-0.2, -0.15) is 0 Å². The molecule has 0 radical (unpaired) electrons. The number of carbonyl (C=O) groups excluding carboxylic acids is 1. The summed E-state index contributed by atoms with van der Waals surface area (Å²) in [6.45, 7) is 0.997. The zero-order chi connectivity index (χ0) is 16.1. The highest BCUT2D eigenvalue weighted by Crippen LogP contribution is 2.30. The van der Waals surface area contributed by atoms with E-state index in [1.807, 2.05) is 48.5 Å². The number of esters is 1. The van der Waals surface area contributed by atoms with Gasteiger partial charge in [-0.3, -0.25) is 4.79 Å². The third-order valence-corrected chi connectivity index (χ3v) is 3.92. The van der Waals surface area contributed by atoms with Crippen LogP contribution < -0.4 is 9.47 Å². The SMILES string of the molecule is COc1ccc(CC2COC(=O)C2)cc1OCc1ccccc1. The van der Waals surface area contributed by atoms with E-state index in [0.717, 1.165) is 23.3 Å². The number of carbonyl (C=O) groups is 1. The van der Waals surface area contributed by atoms with E-state index in [1.54, 1.807) is 7.11 Å². The summed E-state index contributed by atoms with van der Waals surface area (Å²) in [6, 6.07) is 15.9. The number of rotatable bonds is 6. The van der Waals surface area contributed by atoms with E-state index in [0.29, 0.717) is 25.4 Å². The molecule has 1 saturated heterocycles. The smallest absolute Gasteiger partial charge is 0.306 e. The van der Waals surface area contributed by atoms with Crippen LogP contribution in [0.15, 0.2) is 48.5 Å². The summed E-state index contributed by atoms with van der Waals surface area (Å²) < 4.78 is 16.3. The fourth-order valence-corrected chi connectivity index (χ4v) is 2.72. The topological polar surface area (TPSA) is 44.8 Å². The maximum atomic E-state index is 11.2. The first kappa shape index (κ1) is 15.4. The second-order valence-electron chi connectivity index (χ2n) is 5.72. The van der Waals surface area contributed by atoms with Gasteiger partial charge in [-0.25, -0.2) is 0 Å². The van der Waals surface area contributed by atoms with Crippen LogP contribution in [-0.4, -0.2) is 19.7 Å². The molecule has 0 bridgehead atoms. The minimum Gasteiger partial charge on any atom is -0.493 e. The maximum absolute atomic E-state index is 11.2. The molecule has 1 heterocycles. The summed E-state index contributed by atoms with van der Waals surface area (Å²) in [5.41, 5.74) is 2.23. The monoisotopic (exact) mass is 312 g/mol. The quantitative estimate of drug-likeness (QED) is 0.767. The van der Waals surface area contributed by atoms with Crippen LogP contribution in [0, 0.1) is 5.92 Å². The highest BCUT2D eigenvalue weighted by atomic mass is 16.5. The third kappa shape index (κ3) is 4.03.